The monoisotopic (exact) mass is 283 g/mol. The smallest absolute Gasteiger partial charge is 0.0205 e. The minimum atomic E-state index is 0.800. The first kappa shape index (κ1) is 17.5. The van der Waals surface area contributed by atoms with E-state index in [0.29, 0.717) is 0 Å². The lowest BCUT2D eigenvalue weighted by atomic mass is 10.1. The normalized spacial score (nSPS) is 14.0. The second kappa shape index (κ2) is 10.2. The summed E-state index contributed by atoms with van der Waals surface area (Å²) in [5.74, 6) is 0.800. The van der Waals surface area contributed by atoms with Crippen molar-refractivity contribution in [3.63, 3.8) is 0 Å². The lowest BCUT2D eigenvalue weighted by molar-refractivity contribution is 0.496. The first-order valence-corrected chi connectivity index (χ1v) is 7.93. The van der Waals surface area contributed by atoms with Crippen LogP contribution in [0.15, 0.2) is 60.7 Å². The Bertz CT molecular complexity index is 468. The minimum Gasteiger partial charge on any atom is -0.313 e. The highest BCUT2D eigenvalue weighted by Crippen LogP contribution is 2.13. The van der Waals surface area contributed by atoms with Crippen molar-refractivity contribution in [2.45, 2.75) is 33.6 Å². The van der Waals surface area contributed by atoms with Gasteiger partial charge < -0.3 is 5.32 Å². The van der Waals surface area contributed by atoms with E-state index in [4.69, 9.17) is 0 Å². The Kier molecular flexibility index (Phi) is 8.45. The molecule has 0 saturated carbocycles. The van der Waals surface area contributed by atoms with E-state index in [1.165, 1.54) is 29.6 Å². The summed E-state index contributed by atoms with van der Waals surface area (Å²) in [5.41, 5.74) is 3.77. The van der Waals surface area contributed by atoms with Gasteiger partial charge in [0.2, 0.25) is 0 Å². The first-order chi connectivity index (χ1) is 10.2. The van der Waals surface area contributed by atoms with Crippen molar-refractivity contribution >= 4 is 5.57 Å². The van der Waals surface area contributed by atoms with Gasteiger partial charge in [-0.1, -0.05) is 75.4 Å². The van der Waals surface area contributed by atoms with Gasteiger partial charge in [0.25, 0.3) is 0 Å². The molecule has 0 heterocycles. The number of nitrogens with one attached hydrogen (secondary N) is 1. The van der Waals surface area contributed by atoms with E-state index in [1.54, 1.807) is 0 Å². The molecule has 1 atom stereocenters. The van der Waals surface area contributed by atoms with Gasteiger partial charge in [-0.05, 0) is 42.5 Å². The molecular formula is C20H29N. The summed E-state index contributed by atoms with van der Waals surface area (Å²) < 4.78 is 0. The summed E-state index contributed by atoms with van der Waals surface area (Å²) in [6.45, 7) is 12.6. The largest absolute Gasteiger partial charge is 0.313 e. The highest BCUT2D eigenvalue weighted by molar-refractivity contribution is 5.65. The fraction of sp³-hybridized carbons (Fsp3) is 0.400. The SMILES string of the molecule is C=C/C(=C\C=C(/C)c1ccccc1)CNCCC(C)CC. The molecule has 1 aromatic carbocycles. The number of rotatable bonds is 9. The highest BCUT2D eigenvalue weighted by atomic mass is 14.8. The Balaban J connectivity index is 2.50. The summed E-state index contributed by atoms with van der Waals surface area (Å²) in [4.78, 5) is 0. The molecule has 0 bridgehead atoms. The molecule has 21 heavy (non-hydrogen) atoms. The van der Waals surface area contributed by atoms with Crippen molar-refractivity contribution in [1.82, 2.24) is 5.32 Å². The van der Waals surface area contributed by atoms with Crippen molar-refractivity contribution in [3.8, 4) is 0 Å². The number of benzene rings is 1. The van der Waals surface area contributed by atoms with Gasteiger partial charge in [-0.25, -0.2) is 0 Å². The first-order valence-electron chi connectivity index (χ1n) is 7.93. The molecular weight excluding hydrogens is 254 g/mol. The molecule has 1 heteroatoms. The predicted octanol–water partition coefficient (Wildman–Crippen LogP) is 5.23. The number of allylic oxidation sites excluding steroid dienone is 3. The van der Waals surface area contributed by atoms with Crippen molar-refractivity contribution in [2.75, 3.05) is 13.1 Å². The van der Waals surface area contributed by atoms with Crippen LogP contribution in [-0.4, -0.2) is 13.1 Å². The maximum atomic E-state index is 3.90. The zero-order valence-corrected chi connectivity index (χ0v) is 13.7. The fourth-order valence-corrected chi connectivity index (χ4v) is 2.01. The lowest BCUT2D eigenvalue weighted by Gasteiger charge is -2.09. The Hall–Kier alpha value is -1.60. The maximum absolute atomic E-state index is 3.90. The molecule has 0 saturated heterocycles. The zero-order chi connectivity index (χ0) is 15.5. The predicted molar refractivity (Wildman–Crippen MR) is 95.3 cm³/mol. The summed E-state index contributed by atoms with van der Waals surface area (Å²) in [5, 5.41) is 3.50. The van der Waals surface area contributed by atoms with Gasteiger partial charge in [0.15, 0.2) is 0 Å². The molecule has 1 aromatic rings. The van der Waals surface area contributed by atoms with E-state index in [0.717, 1.165) is 19.0 Å². The molecule has 1 rings (SSSR count). The van der Waals surface area contributed by atoms with Gasteiger partial charge in [-0.2, -0.15) is 0 Å². The van der Waals surface area contributed by atoms with Crippen molar-refractivity contribution in [2.24, 2.45) is 5.92 Å². The van der Waals surface area contributed by atoms with Crippen LogP contribution in [0.1, 0.15) is 39.2 Å². The van der Waals surface area contributed by atoms with Gasteiger partial charge in [0, 0.05) is 6.54 Å². The van der Waals surface area contributed by atoms with E-state index in [2.05, 4.69) is 69.1 Å². The van der Waals surface area contributed by atoms with Gasteiger partial charge in [0.1, 0.15) is 0 Å². The van der Waals surface area contributed by atoms with E-state index < -0.39 is 0 Å². The molecule has 0 aromatic heterocycles. The highest BCUT2D eigenvalue weighted by Gasteiger charge is 1.98. The maximum Gasteiger partial charge on any atom is 0.0205 e. The van der Waals surface area contributed by atoms with Crippen LogP contribution in [0.2, 0.25) is 0 Å². The standard InChI is InChI=1S/C20H29N/c1-5-17(3)14-15-21-16-19(6-2)13-12-18(4)20-10-8-7-9-11-20/h6-13,17,21H,2,5,14-16H2,1,3-4H3/b18-12+,19-13+. The van der Waals surface area contributed by atoms with Crippen LogP contribution in [0.5, 0.6) is 0 Å². The van der Waals surface area contributed by atoms with Crippen LogP contribution in [0.3, 0.4) is 0 Å². The molecule has 1 N–H and O–H groups in total. The summed E-state index contributed by atoms with van der Waals surface area (Å²) in [6, 6.07) is 10.5. The lowest BCUT2D eigenvalue weighted by Crippen LogP contribution is -2.19. The average Bonchev–Trinajstić information content (AvgIpc) is 2.54. The molecule has 114 valence electrons. The Morgan fingerprint density at radius 2 is 1.95 bits per heavy atom. The second-order valence-electron chi connectivity index (χ2n) is 5.64. The van der Waals surface area contributed by atoms with Crippen molar-refractivity contribution < 1.29 is 0 Å². The van der Waals surface area contributed by atoms with Gasteiger partial charge in [-0.15, -0.1) is 0 Å². The molecule has 0 aliphatic rings. The van der Waals surface area contributed by atoms with Crippen LogP contribution < -0.4 is 5.32 Å². The number of hydrogen-bond acceptors (Lipinski definition) is 1. The third kappa shape index (κ3) is 7.10. The molecule has 0 aliphatic carbocycles. The van der Waals surface area contributed by atoms with Crippen molar-refractivity contribution in [1.29, 1.82) is 0 Å². The van der Waals surface area contributed by atoms with Gasteiger partial charge in [-0.3, -0.25) is 0 Å². The van der Waals surface area contributed by atoms with Gasteiger partial charge in [0.05, 0.1) is 0 Å². The van der Waals surface area contributed by atoms with Crippen LogP contribution in [0.25, 0.3) is 5.57 Å². The topological polar surface area (TPSA) is 12.0 Å². The van der Waals surface area contributed by atoms with Gasteiger partial charge >= 0.3 is 0 Å². The van der Waals surface area contributed by atoms with Crippen LogP contribution in [0, 0.1) is 5.92 Å². The minimum absolute atomic E-state index is 0.800. The molecule has 1 nitrogen and oxygen atoms in total. The molecule has 0 amide bonds. The van der Waals surface area contributed by atoms with Crippen LogP contribution in [-0.2, 0) is 0 Å². The van der Waals surface area contributed by atoms with E-state index in [-0.39, 0.29) is 0 Å². The molecule has 0 radical (unpaired) electrons. The third-order valence-corrected chi connectivity index (χ3v) is 3.88. The molecule has 1 unspecified atom stereocenters. The summed E-state index contributed by atoms with van der Waals surface area (Å²) >= 11 is 0. The number of hydrogen-bond donors (Lipinski definition) is 1. The van der Waals surface area contributed by atoms with Crippen LogP contribution >= 0.6 is 0 Å². The summed E-state index contributed by atoms with van der Waals surface area (Å²) in [7, 11) is 0. The average molecular weight is 283 g/mol. The zero-order valence-electron chi connectivity index (χ0n) is 13.7. The Labute approximate surface area is 130 Å². The Morgan fingerprint density at radius 3 is 2.57 bits per heavy atom. The van der Waals surface area contributed by atoms with Crippen LogP contribution in [0.4, 0.5) is 0 Å². The van der Waals surface area contributed by atoms with E-state index in [1.807, 2.05) is 12.1 Å². The van der Waals surface area contributed by atoms with E-state index >= 15 is 0 Å². The Morgan fingerprint density at radius 1 is 1.24 bits per heavy atom. The van der Waals surface area contributed by atoms with Crippen molar-refractivity contribution in [3.05, 3.63) is 66.3 Å². The van der Waals surface area contributed by atoms with E-state index in [9.17, 15) is 0 Å². The third-order valence-electron chi connectivity index (χ3n) is 3.88. The fourth-order valence-electron chi connectivity index (χ4n) is 2.01. The second-order valence-corrected chi connectivity index (χ2v) is 5.64. The molecule has 0 aliphatic heterocycles. The quantitative estimate of drug-likeness (QED) is 0.483. The molecule has 0 fully saturated rings. The molecule has 0 spiro atoms. The summed E-state index contributed by atoms with van der Waals surface area (Å²) in [6.07, 6.45) is 8.75.